The molecule has 0 aromatic carbocycles. The number of nitrogens with one attached hydrogen (secondary N) is 1. The summed E-state index contributed by atoms with van der Waals surface area (Å²) in [6.45, 7) is 2.38. The van der Waals surface area contributed by atoms with Gasteiger partial charge in [0.05, 0.1) is 11.5 Å². The predicted octanol–water partition coefficient (Wildman–Crippen LogP) is 1.94. The highest BCUT2D eigenvalue weighted by molar-refractivity contribution is 8.00. The largest absolute Gasteiger partial charge is 0.387 e. The Bertz CT molecular complexity index is 327. The quantitative estimate of drug-likeness (QED) is 0.763. The third-order valence-corrected chi connectivity index (χ3v) is 5.76. The maximum Gasteiger partial charge on any atom is 0.226 e. The first kappa shape index (κ1) is 13.8. The summed E-state index contributed by atoms with van der Waals surface area (Å²) < 4.78 is -0.885. The molecular formula is C11H17Cl2NO2S. The van der Waals surface area contributed by atoms with Gasteiger partial charge in [-0.25, -0.2) is 0 Å². The lowest BCUT2D eigenvalue weighted by Gasteiger charge is -2.45. The molecule has 1 amide bonds. The number of carbonyl (C=O) groups is 1. The fourth-order valence-electron chi connectivity index (χ4n) is 2.10. The molecule has 0 aromatic rings. The number of halogens is 2. The Morgan fingerprint density at radius 1 is 1.59 bits per heavy atom. The first-order chi connectivity index (χ1) is 7.89. The molecule has 2 N–H and O–H groups in total. The molecule has 3 nitrogen and oxygen atoms in total. The fraction of sp³-hybridized carbons (Fsp3) is 0.909. The van der Waals surface area contributed by atoms with E-state index in [1.807, 2.05) is 0 Å². The van der Waals surface area contributed by atoms with Crippen molar-refractivity contribution in [3.05, 3.63) is 0 Å². The molecule has 0 saturated heterocycles. The van der Waals surface area contributed by atoms with Crippen molar-refractivity contribution < 1.29 is 9.90 Å². The Morgan fingerprint density at radius 2 is 2.24 bits per heavy atom. The number of rotatable bonds is 5. The van der Waals surface area contributed by atoms with Crippen molar-refractivity contribution >= 4 is 40.9 Å². The lowest BCUT2D eigenvalue weighted by Crippen LogP contribution is -2.57. The van der Waals surface area contributed by atoms with E-state index in [4.69, 9.17) is 23.2 Å². The van der Waals surface area contributed by atoms with Crippen LogP contribution in [0.15, 0.2) is 0 Å². The Hall–Kier alpha value is 0.360. The highest BCUT2D eigenvalue weighted by Crippen LogP contribution is 2.53. The van der Waals surface area contributed by atoms with Gasteiger partial charge in [0.1, 0.15) is 4.33 Å². The third kappa shape index (κ3) is 2.86. The number of hydrogen-bond donors (Lipinski definition) is 2. The van der Waals surface area contributed by atoms with Crippen LogP contribution in [0.5, 0.6) is 0 Å². The number of thioether (sulfide) groups is 1. The zero-order valence-electron chi connectivity index (χ0n) is 9.71. The van der Waals surface area contributed by atoms with E-state index in [2.05, 4.69) is 12.2 Å². The van der Waals surface area contributed by atoms with Gasteiger partial charge in [0.2, 0.25) is 5.91 Å². The van der Waals surface area contributed by atoms with E-state index in [0.717, 1.165) is 18.6 Å². The minimum Gasteiger partial charge on any atom is -0.387 e. The molecular weight excluding hydrogens is 281 g/mol. The van der Waals surface area contributed by atoms with Gasteiger partial charge in [0, 0.05) is 11.8 Å². The van der Waals surface area contributed by atoms with Gasteiger partial charge >= 0.3 is 0 Å². The molecule has 2 saturated carbocycles. The maximum absolute atomic E-state index is 11.7. The maximum atomic E-state index is 11.7. The Labute approximate surface area is 116 Å². The molecule has 6 heteroatoms. The molecule has 0 bridgehead atoms. The van der Waals surface area contributed by atoms with E-state index in [1.165, 1.54) is 0 Å². The molecule has 2 aliphatic rings. The Kier molecular flexibility index (Phi) is 3.89. The molecule has 98 valence electrons. The predicted molar refractivity (Wildman–Crippen MR) is 71.7 cm³/mol. The normalized spacial score (nSPS) is 38.4. The second-order valence-corrected chi connectivity index (χ2v) is 7.84. The Morgan fingerprint density at radius 3 is 2.65 bits per heavy atom. The van der Waals surface area contributed by atoms with Crippen molar-refractivity contribution in [2.24, 2.45) is 5.92 Å². The van der Waals surface area contributed by atoms with E-state index >= 15 is 0 Å². The number of hydrogen-bond acceptors (Lipinski definition) is 3. The van der Waals surface area contributed by atoms with E-state index in [9.17, 15) is 9.90 Å². The molecule has 17 heavy (non-hydrogen) atoms. The van der Waals surface area contributed by atoms with E-state index in [0.29, 0.717) is 13.0 Å². The van der Waals surface area contributed by atoms with Crippen LogP contribution in [0.2, 0.25) is 0 Å². The standard InChI is InChI=1S/C11H17Cl2NO2S/c1-2-17-8-3-4-10(8,16)6-14-9(15)7-5-11(7,12)13/h7-8,16H,2-6H2,1H3,(H,14,15)/t7-,8-,10-/m1/s1. The zero-order chi connectivity index (χ0) is 12.7. The van der Waals surface area contributed by atoms with Gasteiger partial charge in [-0.3, -0.25) is 4.79 Å². The molecule has 3 atom stereocenters. The molecule has 2 aliphatic carbocycles. The van der Waals surface area contributed by atoms with Crippen molar-refractivity contribution in [1.29, 1.82) is 0 Å². The van der Waals surface area contributed by atoms with E-state index < -0.39 is 9.93 Å². The van der Waals surface area contributed by atoms with Crippen LogP contribution in [0.25, 0.3) is 0 Å². The van der Waals surface area contributed by atoms with Crippen molar-refractivity contribution in [2.45, 2.75) is 41.4 Å². The monoisotopic (exact) mass is 297 g/mol. The first-order valence-corrected chi connectivity index (χ1v) is 7.69. The number of aliphatic hydroxyl groups is 1. The first-order valence-electron chi connectivity index (χ1n) is 5.88. The summed E-state index contributed by atoms with van der Waals surface area (Å²) in [7, 11) is 0. The minimum atomic E-state index is -0.885. The molecule has 0 aromatic heterocycles. The molecule has 0 heterocycles. The summed E-state index contributed by atoms with van der Waals surface area (Å²) in [4.78, 5) is 11.7. The van der Waals surface area contributed by atoms with Gasteiger partial charge in [0.25, 0.3) is 0 Å². The third-order valence-electron chi connectivity index (χ3n) is 3.52. The minimum absolute atomic E-state index is 0.143. The number of alkyl halides is 2. The lowest BCUT2D eigenvalue weighted by molar-refractivity contribution is -0.124. The molecule has 2 fully saturated rings. The van der Waals surface area contributed by atoms with Crippen LogP contribution >= 0.6 is 35.0 Å². The lowest BCUT2D eigenvalue weighted by atomic mass is 9.79. The second kappa shape index (κ2) is 4.80. The van der Waals surface area contributed by atoms with Crippen LogP contribution in [0, 0.1) is 5.92 Å². The zero-order valence-corrected chi connectivity index (χ0v) is 12.0. The summed E-state index contributed by atoms with van der Waals surface area (Å²) in [5.41, 5.74) is -0.744. The Balaban J connectivity index is 1.77. The van der Waals surface area contributed by atoms with Crippen LogP contribution < -0.4 is 5.32 Å². The van der Waals surface area contributed by atoms with Gasteiger partial charge in [-0.1, -0.05) is 6.92 Å². The van der Waals surface area contributed by atoms with Crippen LogP contribution in [0.1, 0.15) is 26.2 Å². The van der Waals surface area contributed by atoms with Gasteiger partial charge in [-0.05, 0) is 25.0 Å². The van der Waals surface area contributed by atoms with Gasteiger partial charge in [-0.15, -0.1) is 23.2 Å². The topological polar surface area (TPSA) is 49.3 Å². The van der Waals surface area contributed by atoms with Crippen molar-refractivity contribution in [2.75, 3.05) is 12.3 Å². The average Bonchev–Trinajstić information content (AvgIpc) is 2.90. The van der Waals surface area contributed by atoms with Gasteiger partial charge in [-0.2, -0.15) is 11.8 Å². The SMILES string of the molecule is CCS[C@@H]1CC[C@@]1(O)CNC(=O)[C@H]1CC1(Cl)Cl. The highest BCUT2D eigenvalue weighted by Gasteiger charge is 2.56. The molecule has 0 unspecified atom stereocenters. The molecule has 0 spiro atoms. The van der Waals surface area contributed by atoms with Crippen LogP contribution in [-0.2, 0) is 4.79 Å². The second-order valence-electron chi connectivity index (χ2n) is 4.82. The number of amides is 1. The smallest absolute Gasteiger partial charge is 0.226 e. The van der Waals surface area contributed by atoms with Crippen LogP contribution in [-0.4, -0.2) is 38.5 Å². The van der Waals surface area contributed by atoms with Crippen molar-refractivity contribution in [3.63, 3.8) is 0 Å². The van der Waals surface area contributed by atoms with E-state index in [1.54, 1.807) is 11.8 Å². The molecule has 2 rings (SSSR count). The van der Waals surface area contributed by atoms with Crippen LogP contribution in [0.4, 0.5) is 0 Å². The van der Waals surface area contributed by atoms with Gasteiger partial charge in [0.15, 0.2) is 0 Å². The summed E-state index contributed by atoms with van der Waals surface area (Å²) in [5.74, 6) is 0.526. The van der Waals surface area contributed by atoms with Crippen molar-refractivity contribution in [3.8, 4) is 0 Å². The van der Waals surface area contributed by atoms with Gasteiger partial charge < -0.3 is 10.4 Å². The summed E-state index contributed by atoms with van der Waals surface area (Å²) in [6.07, 6.45) is 2.28. The average molecular weight is 298 g/mol. The summed E-state index contributed by atoms with van der Waals surface area (Å²) in [6, 6.07) is 0. The molecule has 0 radical (unpaired) electrons. The number of carbonyl (C=O) groups excluding carboxylic acids is 1. The van der Waals surface area contributed by atoms with Crippen LogP contribution in [0.3, 0.4) is 0 Å². The highest BCUT2D eigenvalue weighted by atomic mass is 35.5. The van der Waals surface area contributed by atoms with E-state index in [-0.39, 0.29) is 17.1 Å². The molecule has 0 aliphatic heterocycles. The summed E-state index contributed by atoms with van der Waals surface area (Å²) >= 11 is 13.4. The van der Waals surface area contributed by atoms with Crippen molar-refractivity contribution in [1.82, 2.24) is 5.32 Å². The fourth-order valence-corrected chi connectivity index (χ4v) is 3.80. The summed E-state index contributed by atoms with van der Waals surface area (Å²) in [5, 5.41) is 13.3.